The van der Waals surface area contributed by atoms with Crippen molar-refractivity contribution < 1.29 is 8.42 Å². The van der Waals surface area contributed by atoms with Gasteiger partial charge < -0.3 is 5.73 Å². The van der Waals surface area contributed by atoms with E-state index < -0.39 is 15.3 Å². The molecule has 0 radical (unpaired) electrons. The van der Waals surface area contributed by atoms with Crippen LogP contribution in [0.4, 0.5) is 0 Å². The fraction of sp³-hybridized carbons (Fsp3) is 0.917. The molecule has 1 aliphatic heterocycles. The third-order valence-corrected chi connectivity index (χ3v) is 7.12. The van der Waals surface area contributed by atoms with Crippen LogP contribution >= 0.6 is 12.2 Å². The Hall–Kier alpha value is -0.200. The fourth-order valence-corrected chi connectivity index (χ4v) is 5.35. The molecule has 0 amide bonds. The Morgan fingerprint density at radius 1 is 1.28 bits per heavy atom. The Labute approximate surface area is 115 Å². The van der Waals surface area contributed by atoms with E-state index in [-0.39, 0.29) is 11.0 Å². The molecule has 0 aromatic carbocycles. The first-order valence-corrected chi connectivity index (χ1v) is 8.65. The van der Waals surface area contributed by atoms with E-state index in [4.69, 9.17) is 18.0 Å². The lowest BCUT2D eigenvalue weighted by Gasteiger charge is -2.43. The molecule has 0 spiro atoms. The topological polar surface area (TPSA) is 63.4 Å². The van der Waals surface area contributed by atoms with E-state index in [0.29, 0.717) is 12.5 Å². The lowest BCUT2D eigenvalue weighted by molar-refractivity contribution is 0.129. The summed E-state index contributed by atoms with van der Waals surface area (Å²) in [5.41, 5.74) is 5.52. The number of nitrogens with two attached hydrogens (primary N) is 1. The molecule has 18 heavy (non-hydrogen) atoms. The zero-order chi connectivity index (χ0) is 13.3. The third kappa shape index (κ3) is 2.56. The first-order valence-electron chi connectivity index (χ1n) is 6.74. The van der Waals surface area contributed by atoms with Gasteiger partial charge in [0.15, 0.2) is 0 Å². The first-order chi connectivity index (χ1) is 8.44. The Morgan fingerprint density at radius 2 is 1.89 bits per heavy atom. The number of hydrogen-bond acceptors (Lipinski definition) is 3. The van der Waals surface area contributed by atoms with Crippen LogP contribution in [0.15, 0.2) is 0 Å². The van der Waals surface area contributed by atoms with Gasteiger partial charge in [-0.2, -0.15) is 4.31 Å². The van der Waals surface area contributed by atoms with Gasteiger partial charge >= 0.3 is 0 Å². The minimum absolute atomic E-state index is 0.0768. The molecule has 1 aliphatic carbocycles. The highest BCUT2D eigenvalue weighted by atomic mass is 32.2. The van der Waals surface area contributed by atoms with Gasteiger partial charge in [-0.15, -0.1) is 0 Å². The van der Waals surface area contributed by atoms with Crippen molar-refractivity contribution in [2.45, 2.75) is 56.7 Å². The van der Waals surface area contributed by atoms with E-state index in [9.17, 15) is 8.42 Å². The van der Waals surface area contributed by atoms with E-state index in [1.54, 1.807) is 11.2 Å². The molecule has 1 saturated heterocycles. The molecular formula is C12H22N2O2S2. The highest BCUT2D eigenvalue weighted by Crippen LogP contribution is 2.37. The monoisotopic (exact) mass is 290 g/mol. The average molecular weight is 290 g/mol. The quantitative estimate of drug-likeness (QED) is 0.803. The van der Waals surface area contributed by atoms with Gasteiger partial charge in [-0.1, -0.05) is 25.1 Å². The van der Waals surface area contributed by atoms with Gasteiger partial charge in [0.25, 0.3) is 0 Å². The summed E-state index contributed by atoms with van der Waals surface area (Å²) in [5, 5.41) is -0.742. The van der Waals surface area contributed by atoms with E-state index in [1.165, 1.54) is 6.42 Å². The van der Waals surface area contributed by atoms with Gasteiger partial charge in [0, 0.05) is 12.6 Å². The zero-order valence-corrected chi connectivity index (χ0v) is 12.5. The Morgan fingerprint density at radius 3 is 2.56 bits per heavy atom. The second kappa shape index (κ2) is 5.43. The molecule has 2 rings (SSSR count). The second-order valence-corrected chi connectivity index (χ2v) is 8.13. The molecule has 2 aliphatic rings. The SMILES string of the molecule is CC(C(N)=S)S(=O)(=O)N1CCC[C@H]2CCCC[C@H]21. The smallest absolute Gasteiger partial charge is 0.223 e. The molecule has 1 heterocycles. The predicted molar refractivity (Wildman–Crippen MR) is 76.9 cm³/mol. The van der Waals surface area contributed by atoms with Crippen LogP contribution < -0.4 is 5.73 Å². The lowest BCUT2D eigenvalue weighted by Crippen LogP contribution is -2.53. The van der Waals surface area contributed by atoms with E-state index >= 15 is 0 Å². The number of thiocarbonyl (C=S) groups is 1. The fourth-order valence-electron chi connectivity index (χ4n) is 3.24. The van der Waals surface area contributed by atoms with Crippen molar-refractivity contribution in [3.8, 4) is 0 Å². The summed E-state index contributed by atoms with van der Waals surface area (Å²) in [4.78, 5) is 0.0768. The van der Waals surface area contributed by atoms with Crippen molar-refractivity contribution in [2.75, 3.05) is 6.54 Å². The molecule has 0 aromatic rings. The van der Waals surface area contributed by atoms with Gasteiger partial charge in [-0.25, -0.2) is 8.42 Å². The van der Waals surface area contributed by atoms with E-state index in [2.05, 4.69) is 0 Å². The highest BCUT2D eigenvalue weighted by molar-refractivity contribution is 7.92. The van der Waals surface area contributed by atoms with Gasteiger partial charge in [0.2, 0.25) is 10.0 Å². The molecule has 0 aromatic heterocycles. The summed E-state index contributed by atoms with van der Waals surface area (Å²) < 4.78 is 26.8. The number of hydrogen-bond donors (Lipinski definition) is 1. The van der Waals surface area contributed by atoms with Crippen LogP contribution in [0.2, 0.25) is 0 Å². The third-order valence-electron chi connectivity index (χ3n) is 4.37. The standard InChI is InChI=1S/C12H22N2O2S2/c1-9(12(13)17)18(15,16)14-8-4-6-10-5-2-3-7-11(10)14/h9-11H,2-8H2,1H3,(H2,13,17)/t9?,10-,11-/m1/s1. The minimum atomic E-state index is -3.36. The molecule has 1 saturated carbocycles. The summed E-state index contributed by atoms with van der Waals surface area (Å²) in [7, 11) is -3.36. The van der Waals surface area contributed by atoms with Crippen LogP contribution in [0.1, 0.15) is 45.4 Å². The van der Waals surface area contributed by atoms with Crippen molar-refractivity contribution in [1.29, 1.82) is 0 Å². The Bertz CT molecular complexity index is 420. The number of sulfonamides is 1. The van der Waals surface area contributed by atoms with Gasteiger partial charge in [0.05, 0.1) is 4.99 Å². The predicted octanol–water partition coefficient (Wildman–Crippen LogP) is 1.65. The van der Waals surface area contributed by atoms with Gasteiger partial charge in [-0.3, -0.25) is 0 Å². The summed E-state index contributed by atoms with van der Waals surface area (Å²) in [6, 6.07) is 0.189. The number of piperidine rings is 1. The summed E-state index contributed by atoms with van der Waals surface area (Å²) in [6.07, 6.45) is 6.66. The maximum atomic E-state index is 12.5. The van der Waals surface area contributed by atoms with Crippen LogP contribution in [0, 0.1) is 5.92 Å². The maximum absolute atomic E-state index is 12.5. The normalized spacial score (nSPS) is 31.6. The molecule has 0 bridgehead atoms. The highest BCUT2D eigenvalue weighted by Gasteiger charge is 2.41. The summed E-state index contributed by atoms with van der Waals surface area (Å²) in [6.45, 7) is 2.24. The lowest BCUT2D eigenvalue weighted by atomic mass is 9.79. The van der Waals surface area contributed by atoms with Gasteiger partial charge in [-0.05, 0) is 38.5 Å². The van der Waals surface area contributed by atoms with Crippen molar-refractivity contribution in [1.82, 2.24) is 4.31 Å². The number of rotatable bonds is 3. The molecule has 104 valence electrons. The molecule has 6 heteroatoms. The van der Waals surface area contributed by atoms with E-state index in [1.807, 2.05) is 0 Å². The maximum Gasteiger partial charge on any atom is 0.223 e. The van der Waals surface area contributed by atoms with Crippen molar-refractivity contribution in [3.63, 3.8) is 0 Å². The molecule has 2 fully saturated rings. The largest absolute Gasteiger partial charge is 0.392 e. The molecule has 1 unspecified atom stereocenters. The second-order valence-electron chi connectivity index (χ2n) is 5.45. The summed E-state index contributed by atoms with van der Waals surface area (Å²) >= 11 is 4.85. The van der Waals surface area contributed by atoms with Crippen LogP contribution in [-0.4, -0.2) is 35.5 Å². The molecular weight excluding hydrogens is 268 g/mol. The van der Waals surface area contributed by atoms with Crippen LogP contribution in [0.25, 0.3) is 0 Å². The zero-order valence-electron chi connectivity index (χ0n) is 10.8. The minimum Gasteiger partial charge on any atom is -0.392 e. The van der Waals surface area contributed by atoms with E-state index in [0.717, 1.165) is 32.1 Å². The average Bonchev–Trinajstić information content (AvgIpc) is 2.36. The first kappa shape index (κ1) is 14.2. The number of fused-ring (bicyclic) bond motifs is 1. The van der Waals surface area contributed by atoms with Crippen LogP contribution in [0.5, 0.6) is 0 Å². The number of nitrogens with zero attached hydrogens (tertiary/aromatic N) is 1. The van der Waals surface area contributed by atoms with Crippen molar-refractivity contribution in [3.05, 3.63) is 0 Å². The Kier molecular flexibility index (Phi) is 4.29. The summed E-state index contributed by atoms with van der Waals surface area (Å²) in [5.74, 6) is 0.542. The molecule has 4 nitrogen and oxygen atoms in total. The van der Waals surface area contributed by atoms with Crippen molar-refractivity contribution in [2.24, 2.45) is 11.7 Å². The molecule has 3 atom stereocenters. The van der Waals surface area contributed by atoms with Gasteiger partial charge in [0.1, 0.15) is 5.25 Å². The Balaban J connectivity index is 2.23. The molecule has 2 N–H and O–H groups in total. The van der Waals surface area contributed by atoms with Crippen LogP contribution in [0.3, 0.4) is 0 Å². The van der Waals surface area contributed by atoms with Crippen LogP contribution in [-0.2, 0) is 10.0 Å². The van der Waals surface area contributed by atoms with Crippen molar-refractivity contribution >= 4 is 27.2 Å².